The Morgan fingerprint density at radius 1 is 1.19 bits per heavy atom. The number of aromatic nitrogens is 1. The summed E-state index contributed by atoms with van der Waals surface area (Å²) in [6, 6.07) is 7.29. The molecule has 0 unspecified atom stereocenters. The molecule has 1 aliphatic heterocycles. The summed E-state index contributed by atoms with van der Waals surface area (Å²) in [5.74, 6) is -0.815. The molecule has 0 bridgehead atoms. The second-order valence-corrected chi connectivity index (χ2v) is 5.80. The van der Waals surface area contributed by atoms with Crippen LogP contribution >= 0.6 is 0 Å². The molecule has 7 nitrogen and oxygen atoms in total. The van der Waals surface area contributed by atoms with Crippen LogP contribution in [0, 0.1) is 5.82 Å². The van der Waals surface area contributed by atoms with Crippen LogP contribution in [0.4, 0.5) is 21.6 Å². The molecular formula is C18H19FN4O3. The molecule has 0 saturated carbocycles. The second-order valence-electron chi connectivity index (χ2n) is 5.80. The molecule has 2 heterocycles. The highest BCUT2D eigenvalue weighted by Gasteiger charge is 2.20. The summed E-state index contributed by atoms with van der Waals surface area (Å²) >= 11 is 0. The molecule has 26 heavy (non-hydrogen) atoms. The van der Waals surface area contributed by atoms with Crippen LogP contribution < -0.4 is 15.5 Å². The second kappa shape index (κ2) is 7.92. The monoisotopic (exact) mass is 358 g/mol. The number of hydrogen-bond acceptors (Lipinski definition) is 5. The first-order valence-electron chi connectivity index (χ1n) is 8.21. The van der Waals surface area contributed by atoms with Crippen molar-refractivity contribution in [2.24, 2.45) is 0 Å². The van der Waals surface area contributed by atoms with Gasteiger partial charge in [-0.1, -0.05) is 0 Å². The highest BCUT2D eigenvalue weighted by atomic mass is 19.1. The van der Waals surface area contributed by atoms with Gasteiger partial charge in [0.25, 0.3) is 5.91 Å². The van der Waals surface area contributed by atoms with Crippen LogP contribution in [0.15, 0.2) is 36.5 Å². The Bertz CT molecular complexity index is 822. The summed E-state index contributed by atoms with van der Waals surface area (Å²) in [6.45, 7) is 3.73. The lowest BCUT2D eigenvalue weighted by Gasteiger charge is -2.29. The molecule has 1 fully saturated rings. The predicted octanol–water partition coefficient (Wildman–Crippen LogP) is 2.27. The van der Waals surface area contributed by atoms with Gasteiger partial charge in [-0.05, 0) is 30.3 Å². The van der Waals surface area contributed by atoms with Gasteiger partial charge in [0.15, 0.2) is 0 Å². The highest BCUT2D eigenvalue weighted by molar-refractivity contribution is 6.08. The standard InChI is InChI=1S/C18H19FN4O3/c1-12(24)21-13-4-5-15(19)16(11-13)22-18(25)14-3-2-6-20-17(14)23-7-9-26-10-8-23/h2-6,11H,7-10H2,1H3,(H,21,24)(H,22,25). The van der Waals surface area contributed by atoms with E-state index < -0.39 is 11.7 Å². The molecule has 2 amide bonds. The topological polar surface area (TPSA) is 83.6 Å². The number of benzene rings is 1. The van der Waals surface area contributed by atoms with Crippen LogP contribution in [-0.4, -0.2) is 43.1 Å². The number of pyridine rings is 1. The summed E-state index contributed by atoms with van der Waals surface area (Å²) in [7, 11) is 0. The maximum absolute atomic E-state index is 14.1. The maximum Gasteiger partial charge on any atom is 0.259 e. The van der Waals surface area contributed by atoms with Crippen molar-refractivity contribution in [3.8, 4) is 0 Å². The molecule has 1 aromatic heterocycles. The number of amides is 2. The Kier molecular flexibility index (Phi) is 5.43. The van der Waals surface area contributed by atoms with Crippen LogP contribution in [-0.2, 0) is 9.53 Å². The van der Waals surface area contributed by atoms with Crippen LogP contribution in [0.3, 0.4) is 0 Å². The number of anilines is 3. The fourth-order valence-electron chi connectivity index (χ4n) is 2.69. The van der Waals surface area contributed by atoms with Gasteiger partial charge < -0.3 is 20.3 Å². The molecule has 1 aliphatic rings. The minimum atomic E-state index is -0.593. The molecule has 8 heteroatoms. The summed E-state index contributed by atoms with van der Waals surface area (Å²) in [5, 5.41) is 5.11. The molecule has 2 aromatic rings. The van der Waals surface area contributed by atoms with Crippen molar-refractivity contribution in [3.05, 3.63) is 47.9 Å². The van der Waals surface area contributed by atoms with Crippen molar-refractivity contribution in [2.45, 2.75) is 6.92 Å². The zero-order chi connectivity index (χ0) is 18.5. The normalized spacial score (nSPS) is 14.0. The van der Waals surface area contributed by atoms with E-state index in [4.69, 9.17) is 4.74 Å². The smallest absolute Gasteiger partial charge is 0.259 e. The van der Waals surface area contributed by atoms with E-state index in [2.05, 4.69) is 15.6 Å². The van der Waals surface area contributed by atoms with Gasteiger partial charge in [-0.25, -0.2) is 9.37 Å². The lowest BCUT2D eigenvalue weighted by molar-refractivity contribution is -0.114. The number of halogens is 1. The largest absolute Gasteiger partial charge is 0.378 e. The summed E-state index contributed by atoms with van der Waals surface area (Å²) < 4.78 is 19.4. The van der Waals surface area contributed by atoms with Crippen molar-refractivity contribution in [1.29, 1.82) is 0 Å². The number of carbonyl (C=O) groups is 2. The van der Waals surface area contributed by atoms with Gasteiger partial charge in [0.1, 0.15) is 11.6 Å². The van der Waals surface area contributed by atoms with Crippen molar-refractivity contribution >= 4 is 29.0 Å². The Labute approximate surface area is 150 Å². The summed E-state index contributed by atoms with van der Waals surface area (Å²) in [6.07, 6.45) is 1.61. The number of hydrogen-bond donors (Lipinski definition) is 2. The zero-order valence-electron chi connectivity index (χ0n) is 14.3. The lowest BCUT2D eigenvalue weighted by Crippen LogP contribution is -2.38. The molecular weight excluding hydrogens is 339 g/mol. The third-order valence-corrected chi connectivity index (χ3v) is 3.88. The highest BCUT2D eigenvalue weighted by Crippen LogP contribution is 2.23. The third kappa shape index (κ3) is 4.15. The van der Waals surface area contributed by atoms with E-state index >= 15 is 0 Å². The zero-order valence-corrected chi connectivity index (χ0v) is 14.3. The van der Waals surface area contributed by atoms with E-state index in [1.54, 1.807) is 18.3 Å². The van der Waals surface area contributed by atoms with Gasteiger partial charge in [-0.3, -0.25) is 9.59 Å². The van der Waals surface area contributed by atoms with Gasteiger partial charge >= 0.3 is 0 Å². The number of nitrogens with zero attached hydrogens (tertiary/aromatic N) is 2. The quantitative estimate of drug-likeness (QED) is 0.876. The lowest BCUT2D eigenvalue weighted by atomic mass is 10.2. The third-order valence-electron chi connectivity index (χ3n) is 3.88. The van der Waals surface area contributed by atoms with Crippen molar-refractivity contribution < 1.29 is 18.7 Å². The number of nitrogens with one attached hydrogen (secondary N) is 2. The summed E-state index contributed by atoms with van der Waals surface area (Å²) in [4.78, 5) is 30.1. The van der Waals surface area contributed by atoms with E-state index in [0.29, 0.717) is 43.4 Å². The van der Waals surface area contributed by atoms with Crippen LogP contribution in [0.25, 0.3) is 0 Å². The average Bonchev–Trinajstić information content (AvgIpc) is 2.65. The minimum Gasteiger partial charge on any atom is -0.378 e. The van der Waals surface area contributed by atoms with E-state index in [9.17, 15) is 14.0 Å². The Hall–Kier alpha value is -3.00. The molecule has 0 aliphatic carbocycles. The van der Waals surface area contributed by atoms with Crippen LogP contribution in [0.2, 0.25) is 0 Å². The van der Waals surface area contributed by atoms with E-state index in [0.717, 1.165) is 0 Å². The Morgan fingerprint density at radius 2 is 1.96 bits per heavy atom. The molecule has 1 saturated heterocycles. The van der Waals surface area contributed by atoms with E-state index in [1.807, 2.05) is 4.90 Å². The van der Waals surface area contributed by atoms with Crippen LogP contribution in [0.5, 0.6) is 0 Å². The van der Waals surface area contributed by atoms with E-state index in [1.165, 1.54) is 25.1 Å². The number of carbonyl (C=O) groups excluding carboxylic acids is 2. The van der Waals surface area contributed by atoms with E-state index in [-0.39, 0.29) is 11.6 Å². The van der Waals surface area contributed by atoms with Crippen LogP contribution in [0.1, 0.15) is 17.3 Å². The van der Waals surface area contributed by atoms with Gasteiger partial charge in [-0.2, -0.15) is 0 Å². The number of rotatable bonds is 4. The van der Waals surface area contributed by atoms with Gasteiger partial charge in [0.05, 0.1) is 24.5 Å². The first-order chi connectivity index (χ1) is 12.5. The van der Waals surface area contributed by atoms with Crippen molar-refractivity contribution in [1.82, 2.24) is 4.98 Å². The molecule has 0 spiro atoms. The molecule has 0 atom stereocenters. The predicted molar refractivity (Wildman–Crippen MR) is 95.9 cm³/mol. The van der Waals surface area contributed by atoms with Gasteiger partial charge in [0, 0.05) is 31.9 Å². The van der Waals surface area contributed by atoms with Gasteiger partial charge in [-0.15, -0.1) is 0 Å². The first kappa shape index (κ1) is 17.8. The molecule has 1 aromatic carbocycles. The minimum absolute atomic E-state index is 0.0157. The number of morpholine rings is 1. The SMILES string of the molecule is CC(=O)Nc1ccc(F)c(NC(=O)c2cccnc2N2CCOCC2)c1. The molecule has 0 radical (unpaired) electrons. The van der Waals surface area contributed by atoms with Gasteiger partial charge in [0.2, 0.25) is 5.91 Å². The Balaban J connectivity index is 1.83. The average molecular weight is 358 g/mol. The van der Waals surface area contributed by atoms with Crippen molar-refractivity contribution in [2.75, 3.05) is 41.8 Å². The Morgan fingerprint density at radius 3 is 2.69 bits per heavy atom. The molecule has 3 rings (SSSR count). The summed E-state index contributed by atoms with van der Waals surface area (Å²) in [5.41, 5.74) is 0.727. The maximum atomic E-state index is 14.1. The molecule has 136 valence electrons. The fourth-order valence-corrected chi connectivity index (χ4v) is 2.69. The fraction of sp³-hybridized carbons (Fsp3) is 0.278. The number of ether oxygens (including phenoxy) is 1. The molecule has 2 N–H and O–H groups in total. The first-order valence-corrected chi connectivity index (χ1v) is 8.21. The van der Waals surface area contributed by atoms with Crippen molar-refractivity contribution in [3.63, 3.8) is 0 Å².